The topological polar surface area (TPSA) is 58.2 Å². The third-order valence-electron chi connectivity index (χ3n) is 2.53. The van der Waals surface area contributed by atoms with Crippen molar-refractivity contribution in [2.45, 2.75) is 13.1 Å². The van der Waals surface area contributed by atoms with Crippen molar-refractivity contribution in [3.05, 3.63) is 53.5 Å². The van der Waals surface area contributed by atoms with Crippen LogP contribution in [0.4, 0.5) is 0 Å². The zero-order valence-electron chi connectivity index (χ0n) is 10.1. The predicted molar refractivity (Wildman–Crippen MR) is 67.0 cm³/mol. The van der Waals surface area contributed by atoms with E-state index < -0.39 is 0 Å². The van der Waals surface area contributed by atoms with E-state index in [4.69, 9.17) is 14.4 Å². The number of ether oxygens (including phenoxy) is 1. The Bertz CT molecular complexity index is 555. The maximum absolute atomic E-state index is 8.63. The van der Waals surface area contributed by atoms with Crippen LogP contribution in [0, 0.1) is 11.3 Å². The molecular formula is C14H14N2O2. The van der Waals surface area contributed by atoms with Crippen molar-refractivity contribution in [2.75, 3.05) is 7.11 Å². The van der Waals surface area contributed by atoms with Crippen molar-refractivity contribution >= 4 is 0 Å². The normalized spacial score (nSPS) is 10.0. The molecule has 1 N–H and O–H groups in total. The van der Waals surface area contributed by atoms with Gasteiger partial charge in [0.15, 0.2) is 0 Å². The van der Waals surface area contributed by atoms with Gasteiger partial charge in [0.25, 0.3) is 0 Å². The van der Waals surface area contributed by atoms with Crippen LogP contribution in [0.25, 0.3) is 0 Å². The largest absolute Gasteiger partial charge is 0.497 e. The molecule has 1 aromatic carbocycles. The van der Waals surface area contributed by atoms with Crippen molar-refractivity contribution in [1.29, 1.82) is 5.26 Å². The van der Waals surface area contributed by atoms with Gasteiger partial charge in [0.1, 0.15) is 17.6 Å². The van der Waals surface area contributed by atoms with Crippen molar-refractivity contribution in [1.82, 2.24) is 5.32 Å². The Labute approximate surface area is 106 Å². The molecule has 0 unspecified atom stereocenters. The zero-order valence-corrected chi connectivity index (χ0v) is 10.1. The average Bonchev–Trinajstić information content (AvgIpc) is 2.87. The van der Waals surface area contributed by atoms with Gasteiger partial charge in [0, 0.05) is 6.54 Å². The highest BCUT2D eigenvalue weighted by Crippen LogP contribution is 2.12. The van der Waals surface area contributed by atoms with Crippen LogP contribution in [0.2, 0.25) is 0 Å². The van der Waals surface area contributed by atoms with E-state index in [2.05, 4.69) is 5.32 Å². The first-order valence-corrected chi connectivity index (χ1v) is 5.64. The maximum Gasteiger partial charge on any atom is 0.203 e. The summed E-state index contributed by atoms with van der Waals surface area (Å²) in [5.74, 6) is 1.95. The van der Waals surface area contributed by atoms with Crippen LogP contribution >= 0.6 is 0 Å². The molecule has 4 heteroatoms. The van der Waals surface area contributed by atoms with E-state index in [1.807, 2.05) is 30.3 Å². The average molecular weight is 242 g/mol. The number of furan rings is 1. The fourth-order valence-electron chi connectivity index (χ4n) is 1.65. The molecule has 0 aliphatic rings. The highest BCUT2D eigenvalue weighted by atomic mass is 16.5. The summed E-state index contributed by atoms with van der Waals surface area (Å²) in [6.07, 6.45) is 0. The van der Waals surface area contributed by atoms with Gasteiger partial charge in [-0.05, 0) is 29.8 Å². The van der Waals surface area contributed by atoms with Gasteiger partial charge >= 0.3 is 0 Å². The summed E-state index contributed by atoms with van der Waals surface area (Å²) in [5, 5.41) is 11.9. The van der Waals surface area contributed by atoms with Crippen LogP contribution in [0.15, 0.2) is 40.8 Å². The van der Waals surface area contributed by atoms with E-state index in [-0.39, 0.29) is 0 Å². The summed E-state index contributed by atoms with van der Waals surface area (Å²) in [5.41, 5.74) is 1.14. The standard InChI is InChI=1S/C14H14N2O2/c1-17-12-4-2-3-11(7-12)9-16-10-14-6-5-13(8-15)18-14/h2-7,16H,9-10H2,1H3. The lowest BCUT2D eigenvalue weighted by Gasteiger charge is -2.05. The first kappa shape index (κ1) is 12.2. The number of rotatable bonds is 5. The monoisotopic (exact) mass is 242 g/mol. The second-order valence-electron chi connectivity index (χ2n) is 3.83. The Morgan fingerprint density at radius 1 is 1.28 bits per heavy atom. The van der Waals surface area contributed by atoms with E-state index in [1.54, 1.807) is 19.2 Å². The molecule has 4 nitrogen and oxygen atoms in total. The number of benzene rings is 1. The van der Waals surface area contributed by atoms with E-state index >= 15 is 0 Å². The summed E-state index contributed by atoms with van der Waals surface area (Å²) in [6.45, 7) is 1.32. The Hall–Kier alpha value is -2.25. The minimum absolute atomic E-state index is 0.341. The zero-order chi connectivity index (χ0) is 12.8. The molecule has 0 radical (unpaired) electrons. The summed E-state index contributed by atoms with van der Waals surface area (Å²) in [7, 11) is 1.65. The number of hydrogen-bond acceptors (Lipinski definition) is 4. The van der Waals surface area contributed by atoms with Gasteiger partial charge in [-0.2, -0.15) is 5.26 Å². The molecule has 0 saturated carbocycles. The Balaban J connectivity index is 1.86. The van der Waals surface area contributed by atoms with Gasteiger partial charge in [-0.25, -0.2) is 0 Å². The summed E-state index contributed by atoms with van der Waals surface area (Å²) >= 11 is 0. The van der Waals surface area contributed by atoms with Gasteiger partial charge < -0.3 is 14.5 Å². The number of nitriles is 1. The lowest BCUT2D eigenvalue weighted by molar-refractivity contribution is 0.414. The van der Waals surface area contributed by atoms with Crippen molar-refractivity contribution < 1.29 is 9.15 Å². The molecule has 0 spiro atoms. The lowest BCUT2D eigenvalue weighted by atomic mass is 10.2. The lowest BCUT2D eigenvalue weighted by Crippen LogP contribution is -2.12. The number of nitrogens with one attached hydrogen (secondary N) is 1. The second-order valence-corrected chi connectivity index (χ2v) is 3.83. The van der Waals surface area contributed by atoms with E-state index in [9.17, 15) is 0 Å². The molecule has 1 heterocycles. The third kappa shape index (κ3) is 3.12. The molecule has 0 amide bonds. The van der Waals surface area contributed by atoms with Crippen LogP contribution in [0.3, 0.4) is 0 Å². The molecule has 0 aliphatic carbocycles. The van der Waals surface area contributed by atoms with Crippen LogP contribution in [0.1, 0.15) is 17.1 Å². The van der Waals surface area contributed by atoms with Gasteiger partial charge in [-0.1, -0.05) is 12.1 Å². The third-order valence-corrected chi connectivity index (χ3v) is 2.53. The van der Waals surface area contributed by atoms with Gasteiger partial charge in [-0.15, -0.1) is 0 Å². The van der Waals surface area contributed by atoms with E-state index in [0.29, 0.717) is 12.3 Å². The highest BCUT2D eigenvalue weighted by molar-refractivity contribution is 5.28. The minimum atomic E-state index is 0.341. The van der Waals surface area contributed by atoms with E-state index in [1.165, 1.54) is 0 Å². The molecule has 92 valence electrons. The molecule has 0 fully saturated rings. The van der Waals surface area contributed by atoms with Gasteiger partial charge in [0.2, 0.25) is 5.76 Å². The van der Waals surface area contributed by atoms with Gasteiger partial charge in [0.05, 0.1) is 13.7 Å². The van der Waals surface area contributed by atoms with Crippen molar-refractivity contribution in [2.24, 2.45) is 0 Å². The molecule has 0 aliphatic heterocycles. The maximum atomic E-state index is 8.63. The van der Waals surface area contributed by atoms with Crippen LogP contribution in [0.5, 0.6) is 5.75 Å². The smallest absolute Gasteiger partial charge is 0.203 e. The van der Waals surface area contributed by atoms with Crippen LogP contribution in [-0.4, -0.2) is 7.11 Å². The molecule has 0 atom stereocenters. The predicted octanol–water partition coefficient (Wildman–Crippen LogP) is 2.45. The summed E-state index contributed by atoms with van der Waals surface area (Å²) in [6, 6.07) is 13.3. The molecule has 0 bridgehead atoms. The fourth-order valence-corrected chi connectivity index (χ4v) is 1.65. The van der Waals surface area contributed by atoms with Gasteiger partial charge in [-0.3, -0.25) is 0 Å². The Morgan fingerprint density at radius 2 is 2.17 bits per heavy atom. The molecule has 2 aromatic rings. The number of methoxy groups -OCH3 is 1. The van der Waals surface area contributed by atoms with E-state index in [0.717, 1.165) is 23.6 Å². The fraction of sp³-hybridized carbons (Fsp3) is 0.214. The molecule has 0 saturated heterocycles. The summed E-state index contributed by atoms with van der Waals surface area (Å²) in [4.78, 5) is 0. The molecule has 2 rings (SSSR count). The quantitative estimate of drug-likeness (QED) is 0.875. The van der Waals surface area contributed by atoms with Crippen molar-refractivity contribution in [3.63, 3.8) is 0 Å². The highest BCUT2D eigenvalue weighted by Gasteiger charge is 2.01. The summed E-state index contributed by atoms with van der Waals surface area (Å²) < 4.78 is 10.4. The SMILES string of the molecule is COc1cccc(CNCc2ccc(C#N)o2)c1. The van der Waals surface area contributed by atoms with Crippen LogP contribution < -0.4 is 10.1 Å². The molecule has 18 heavy (non-hydrogen) atoms. The first-order chi connectivity index (χ1) is 8.81. The molecule has 1 aromatic heterocycles. The number of nitrogens with zero attached hydrogens (tertiary/aromatic N) is 1. The first-order valence-electron chi connectivity index (χ1n) is 5.64. The minimum Gasteiger partial charge on any atom is -0.497 e. The van der Waals surface area contributed by atoms with Crippen LogP contribution in [-0.2, 0) is 13.1 Å². The molecular weight excluding hydrogens is 228 g/mol. The van der Waals surface area contributed by atoms with Crippen molar-refractivity contribution in [3.8, 4) is 11.8 Å². The Kier molecular flexibility index (Phi) is 4.00. The number of hydrogen-bond donors (Lipinski definition) is 1. The Morgan fingerprint density at radius 3 is 2.89 bits per heavy atom. The second kappa shape index (κ2) is 5.89.